The minimum atomic E-state index is -7.23. The summed E-state index contributed by atoms with van der Waals surface area (Å²) in [4.78, 5) is 0. The molecule has 0 aromatic carbocycles. The van der Waals surface area contributed by atoms with Crippen LogP contribution >= 0.6 is 0 Å². The van der Waals surface area contributed by atoms with Gasteiger partial charge in [0.1, 0.15) is 0 Å². The third-order valence-corrected chi connectivity index (χ3v) is 5.64. The summed E-state index contributed by atoms with van der Waals surface area (Å²) in [5.41, 5.74) is 0. The molecule has 0 atom stereocenters. The fourth-order valence-electron chi connectivity index (χ4n) is 1.91. The molecule has 0 radical (unpaired) electrons. The molecule has 0 spiro atoms. The number of rotatable bonds is 4. The van der Waals surface area contributed by atoms with Gasteiger partial charge in [-0.1, -0.05) is 0 Å². The zero-order chi connectivity index (χ0) is 19.4. The molecule has 0 amide bonds. The van der Waals surface area contributed by atoms with E-state index < -0.39 is 46.4 Å². The van der Waals surface area contributed by atoms with E-state index in [1.165, 1.54) is 0 Å². The van der Waals surface area contributed by atoms with Crippen molar-refractivity contribution in [3.63, 3.8) is 0 Å². The van der Waals surface area contributed by atoms with Crippen LogP contribution in [0, 0.1) is 0 Å². The normalized spacial score (nSPS) is 20.9. The van der Waals surface area contributed by atoms with Crippen molar-refractivity contribution in [1.82, 2.24) is 4.31 Å². The topological polar surface area (TPSA) is 37.4 Å². The molecular weight excluding hydrogens is 510 g/mol. The van der Waals surface area contributed by atoms with E-state index in [1.54, 1.807) is 14.1 Å². The van der Waals surface area contributed by atoms with E-state index in [0.29, 0.717) is 0 Å². The molecule has 1 aliphatic rings. The highest BCUT2D eigenvalue weighted by Crippen LogP contribution is 2.55. The van der Waals surface area contributed by atoms with E-state index in [4.69, 9.17) is 0 Å². The Morgan fingerprint density at radius 2 is 1.16 bits per heavy atom. The Hall–Kier alpha value is -0.0300. The molecule has 15 heteroatoms. The summed E-state index contributed by atoms with van der Waals surface area (Å²) in [6, 6.07) is 0. The summed E-state index contributed by atoms with van der Waals surface area (Å²) in [5, 5.41) is -6.65. The summed E-state index contributed by atoms with van der Waals surface area (Å²) < 4.78 is 139. The molecule has 1 rings (SSSR count). The van der Waals surface area contributed by atoms with Gasteiger partial charge in [0.25, 0.3) is 10.0 Å². The van der Waals surface area contributed by atoms with Crippen LogP contribution in [0.1, 0.15) is 0 Å². The monoisotopic (exact) mass is 524 g/mol. The van der Waals surface area contributed by atoms with Gasteiger partial charge in [-0.05, 0) is 0 Å². The Kier molecular flexibility index (Phi) is 6.84. The van der Waals surface area contributed by atoms with Crippen molar-refractivity contribution >= 4 is 10.0 Å². The van der Waals surface area contributed by atoms with Gasteiger partial charge >= 0.3 is 23.3 Å². The Morgan fingerprint density at radius 3 is 1.48 bits per heavy atom. The first-order valence-corrected chi connectivity index (χ1v) is 7.77. The zero-order valence-corrected chi connectivity index (χ0v) is 15.7. The Balaban J connectivity index is 0.00000576. The first-order valence-electron chi connectivity index (χ1n) is 6.33. The third kappa shape index (κ3) is 3.97. The SMILES string of the molecule is C[N+]1(C)CCN(S(=O)(=O)C(F)(F)C(F)(F)C(F)(F)C(F)(F)F)CC1.[I-]. The molecule has 25 heavy (non-hydrogen) atoms. The molecule has 152 valence electrons. The van der Waals surface area contributed by atoms with Gasteiger partial charge in [0.15, 0.2) is 0 Å². The Labute approximate surface area is 154 Å². The van der Waals surface area contributed by atoms with Crippen LogP contribution in [-0.4, -0.2) is 80.8 Å². The van der Waals surface area contributed by atoms with E-state index >= 15 is 0 Å². The predicted molar refractivity (Wildman–Crippen MR) is 63.2 cm³/mol. The highest BCUT2D eigenvalue weighted by Gasteiger charge is 2.85. The highest BCUT2D eigenvalue weighted by molar-refractivity contribution is 7.90. The first-order chi connectivity index (χ1) is 10.3. The van der Waals surface area contributed by atoms with Crippen molar-refractivity contribution in [3.8, 4) is 0 Å². The summed E-state index contributed by atoms with van der Waals surface area (Å²) in [6.07, 6.45) is -7.06. The predicted octanol–water partition coefficient (Wildman–Crippen LogP) is -0.862. The summed E-state index contributed by atoms with van der Waals surface area (Å²) in [6.45, 7) is -1.68. The number of hydrogen-bond donors (Lipinski definition) is 0. The molecule has 0 aromatic heterocycles. The second-order valence-corrected chi connectivity index (χ2v) is 7.93. The fraction of sp³-hybridized carbons (Fsp3) is 1.00. The summed E-state index contributed by atoms with van der Waals surface area (Å²) in [7, 11) is -3.32. The van der Waals surface area contributed by atoms with E-state index in [9.17, 15) is 47.9 Å². The van der Waals surface area contributed by atoms with Crippen LogP contribution in [0.5, 0.6) is 0 Å². The fourth-order valence-corrected chi connectivity index (χ4v) is 3.33. The molecule has 1 fully saturated rings. The minimum absolute atomic E-state index is 0. The number of alkyl halides is 9. The minimum Gasteiger partial charge on any atom is -1.00 e. The van der Waals surface area contributed by atoms with Crippen LogP contribution in [0.3, 0.4) is 0 Å². The molecule has 0 aliphatic carbocycles. The molecule has 1 heterocycles. The number of quaternary nitrogens is 1. The van der Waals surface area contributed by atoms with E-state index in [1.807, 2.05) is 0 Å². The standard InChI is InChI=1S/C10H14F9N2O2S.HI/c1-21(2)5-3-20(4-6-21)24(22,23)10(18,19)8(13,14)7(11,12)9(15,16)17;/h3-6H2,1-2H3;1H/q+1;/p-1. The maximum atomic E-state index is 13.6. The van der Waals surface area contributed by atoms with Crippen LogP contribution in [0.25, 0.3) is 0 Å². The van der Waals surface area contributed by atoms with Gasteiger partial charge in [-0.3, -0.25) is 0 Å². The number of halogens is 10. The Bertz CT molecular complexity index is 582. The quantitative estimate of drug-likeness (QED) is 0.273. The van der Waals surface area contributed by atoms with Crippen molar-refractivity contribution in [2.75, 3.05) is 40.3 Å². The molecule has 0 unspecified atom stereocenters. The molecule has 0 bridgehead atoms. The molecule has 0 saturated carbocycles. The average molecular weight is 524 g/mol. The van der Waals surface area contributed by atoms with Gasteiger partial charge in [0.2, 0.25) is 0 Å². The van der Waals surface area contributed by atoms with Gasteiger partial charge in [-0.25, -0.2) is 8.42 Å². The van der Waals surface area contributed by atoms with Crippen molar-refractivity contribution in [2.24, 2.45) is 0 Å². The van der Waals surface area contributed by atoms with Gasteiger partial charge in [0.05, 0.1) is 40.3 Å². The van der Waals surface area contributed by atoms with Gasteiger partial charge < -0.3 is 28.5 Å². The molecular formula is C10H14F9IN2O2S. The molecule has 0 N–H and O–H groups in total. The molecule has 4 nitrogen and oxygen atoms in total. The second-order valence-electron chi connectivity index (χ2n) is 5.95. The van der Waals surface area contributed by atoms with Crippen molar-refractivity contribution in [1.29, 1.82) is 0 Å². The number of hydrogen-bond acceptors (Lipinski definition) is 2. The average Bonchev–Trinajstić information content (AvgIpc) is 2.36. The smallest absolute Gasteiger partial charge is 0.460 e. The van der Waals surface area contributed by atoms with Gasteiger partial charge in [-0.15, -0.1) is 0 Å². The number of nitrogens with zero attached hydrogens (tertiary/aromatic N) is 2. The molecule has 1 saturated heterocycles. The lowest BCUT2D eigenvalue weighted by Crippen LogP contribution is -3.00. The number of sulfonamides is 1. The number of likely N-dealkylation sites (N-methyl/N-ethyl adjacent to an activating group) is 1. The van der Waals surface area contributed by atoms with Gasteiger partial charge in [0, 0.05) is 0 Å². The third-order valence-electron chi connectivity index (χ3n) is 3.69. The van der Waals surface area contributed by atoms with E-state index in [-0.39, 0.29) is 45.9 Å². The van der Waals surface area contributed by atoms with Crippen molar-refractivity contribution < 1.29 is 76.4 Å². The molecule has 0 aromatic rings. The zero-order valence-electron chi connectivity index (χ0n) is 12.7. The van der Waals surface area contributed by atoms with Crippen molar-refractivity contribution in [3.05, 3.63) is 0 Å². The van der Waals surface area contributed by atoms with Crippen LogP contribution < -0.4 is 24.0 Å². The summed E-state index contributed by atoms with van der Waals surface area (Å²) in [5.74, 6) is -14.4. The van der Waals surface area contributed by atoms with Crippen LogP contribution in [-0.2, 0) is 10.0 Å². The lowest BCUT2D eigenvalue weighted by molar-refractivity contribution is -0.893. The Morgan fingerprint density at radius 1 is 0.800 bits per heavy atom. The molecule has 1 aliphatic heterocycles. The number of piperazine rings is 1. The van der Waals surface area contributed by atoms with Gasteiger partial charge in [-0.2, -0.15) is 43.8 Å². The van der Waals surface area contributed by atoms with E-state index in [0.717, 1.165) is 0 Å². The highest BCUT2D eigenvalue weighted by atomic mass is 127. The second kappa shape index (κ2) is 6.85. The van der Waals surface area contributed by atoms with Crippen LogP contribution in [0.15, 0.2) is 0 Å². The lowest BCUT2D eigenvalue weighted by Gasteiger charge is -2.41. The van der Waals surface area contributed by atoms with Crippen LogP contribution in [0.2, 0.25) is 0 Å². The summed E-state index contributed by atoms with van der Waals surface area (Å²) >= 11 is 0. The van der Waals surface area contributed by atoms with Crippen molar-refractivity contribution in [2.45, 2.75) is 23.3 Å². The maximum absolute atomic E-state index is 13.6. The maximum Gasteiger partial charge on any atom is 0.460 e. The van der Waals surface area contributed by atoms with Crippen LogP contribution in [0.4, 0.5) is 39.5 Å². The first kappa shape index (κ1) is 25.0. The lowest BCUT2D eigenvalue weighted by atomic mass is 10.1. The largest absolute Gasteiger partial charge is 1.00 e. The van der Waals surface area contributed by atoms with E-state index in [2.05, 4.69) is 0 Å².